The van der Waals surface area contributed by atoms with Gasteiger partial charge in [0, 0.05) is 17.1 Å². The Labute approximate surface area is 110 Å². The number of nitrogens with one attached hydrogen (secondary N) is 1. The second kappa shape index (κ2) is 5.17. The van der Waals surface area contributed by atoms with Crippen molar-refractivity contribution < 1.29 is 0 Å². The number of H-pyrrole nitrogens is 1. The fourth-order valence-corrected chi connectivity index (χ4v) is 3.58. The van der Waals surface area contributed by atoms with Crippen molar-refractivity contribution in [3.05, 3.63) is 42.9 Å². The molecular formula is C17H22N. The maximum atomic E-state index is 4.21. The van der Waals surface area contributed by atoms with Crippen molar-refractivity contribution in [2.45, 2.75) is 44.4 Å². The van der Waals surface area contributed by atoms with Crippen LogP contribution in [-0.2, 0) is 0 Å². The van der Waals surface area contributed by atoms with Crippen LogP contribution in [0.1, 0.15) is 50.0 Å². The molecule has 0 saturated heterocycles. The molecule has 1 heterocycles. The zero-order chi connectivity index (χ0) is 12.4. The third kappa shape index (κ3) is 2.07. The average Bonchev–Trinajstić information content (AvgIpc) is 2.85. The van der Waals surface area contributed by atoms with E-state index >= 15 is 0 Å². The quantitative estimate of drug-likeness (QED) is 0.772. The lowest BCUT2D eigenvalue weighted by Crippen LogP contribution is -2.15. The Morgan fingerprint density at radius 2 is 1.94 bits per heavy atom. The molecular weight excluding hydrogens is 218 g/mol. The predicted molar refractivity (Wildman–Crippen MR) is 77.6 cm³/mol. The lowest BCUT2D eigenvalue weighted by Gasteiger charge is -2.29. The van der Waals surface area contributed by atoms with Gasteiger partial charge in [-0.2, -0.15) is 0 Å². The fourth-order valence-electron chi connectivity index (χ4n) is 3.58. The topological polar surface area (TPSA) is 15.8 Å². The van der Waals surface area contributed by atoms with E-state index in [9.17, 15) is 0 Å². The van der Waals surface area contributed by atoms with Gasteiger partial charge in [-0.05, 0) is 42.7 Å². The number of para-hydroxylation sites is 1. The van der Waals surface area contributed by atoms with Crippen LogP contribution in [0.5, 0.6) is 0 Å². The van der Waals surface area contributed by atoms with Gasteiger partial charge < -0.3 is 4.98 Å². The second-order valence-electron chi connectivity index (χ2n) is 5.58. The molecule has 1 unspecified atom stereocenters. The van der Waals surface area contributed by atoms with Gasteiger partial charge in [-0.3, -0.25) is 0 Å². The molecule has 1 fully saturated rings. The SMILES string of the molecule is [CH2]CC(c1c[nH]c2ccccc12)C1CCCCC1. The average molecular weight is 240 g/mol. The minimum Gasteiger partial charge on any atom is -0.361 e. The molecule has 2 aromatic rings. The highest BCUT2D eigenvalue weighted by molar-refractivity contribution is 5.83. The summed E-state index contributed by atoms with van der Waals surface area (Å²) in [6, 6.07) is 8.65. The van der Waals surface area contributed by atoms with Gasteiger partial charge in [0.15, 0.2) is 0 Å². The first-order valence-electron chi connectivity index (χ1n) is 7.25. The highest BCUT2D eigenvalue weighted by Crippen LogP contribution is 2.40. The molecule has 1 aliphatic carbocycles. The van der Waals surface area contributed by atoms with Crippen LogP contribution in [0.25, 0.3) is 10.9 Å². The highest BCUT2D eigenvalue weighted by atomic mass is 14.7. The van der Waals surface area contributed by atoms with E-state index in [-0.39, 0.29) is 0 Å². The first kappa shape index (κ1) is 11.8. The van der Waals surface area contributed by atoms with Crippen LogP contribution in [0.15, 0.2) is 30.5 Å². The number of rotatable bonds is 3. The Kier molecular flexibility index (Phi) is 3.40. The normalized spacial score (nSPS) is 19.2. The van der Waals surface area contributed by atoms with Crippen molar-refractivity contribution in [3.63, 3.8) is 0 Å². The molecule has 0 amide bonds. The Morgan fingerprint density at radius 3 is 2.72 bits per heavy atom. The Bertz CT molecular complexity index is 505. The molecule has 1 nitrogen and oxygen atoms in total. The summed E-state index contributed by atoms with van der Waals surface area (Å²) < 4.78 is 0. The molecule has 1 atom stereocenters. The smallest absolute Gasteiger partial charge is 0.0456 e. The maximum Gasteiger partial charge on any atom is 0.0456 e. The van der Waals surface area contributed by atoms with E-state index in [1.54, 1.807) is 0 Å². The van der Waals surface area contributed by atoms with Crippen LogP contribution in [0, 0.1) is 12.8 Å². The van der Waals surface area contributed by atoms with Gasteiger partial charge in [0.05, 0.1) is 0 Å². The van der Waals surface area contributed by atoms with Crippen LogP contribution in [0.4, 0.5) is 0 Å². The summed E-state index contributed by atoms with van der Waals surface area (Å²) in [6.07, 6.45) is 10.3. The van der Waals surface area contributed by atoms with Gasteiger partial charge in [-0.1, -0.05) is 44.4 Å². The fraction of sp³-hybridized carbons (Fsp3) is 0.471. The molecule has 1 aromatic heterocycles. The van der Waals surface area contributed by atoms with Gasteiger partial charge >= 0.3 is 0 Å². The lowest BCUT2D eigenvalue weighted by molar-refractivity contribution is 0.305. The van der Waals surface area contributed by atoms with Crippen LogP contribution in [-0.4, -0.2) is 4.98 Å². The van der Waals surface area contributed by atoms with E-state index in [0.717, 1.165) is 12.3 Å². The molecule has 1 N–H and O–H groups in total. The van der Waals surface area contributed by atoms with E-state index < -0.39 is 0 Å². The van der Waals surface area contributed by atoms with Crippen LogP contribution < -0.4 is 0 Å². The monoisotopic (exact) mass is 240 g/mol. The van der Waals surface area contributed by atoms with Crippen LogP contribution in [0.3, 0.4) is 0 Å². The number of aromatic amines is 1. The highest BCUT2D eigenvalue weighted by Gasteiger charge is 2.25. The van der Waals surface area contributed by atoms with Crippen molar-refractivity contribution >= 4 is 10.9 Å². The summed E-state index contributed by atoms with van der Waals surface area (Å²) in [5.74, 6) is 1.48. The van der Waals surface area contributed by atoms with Crippen molar-refractivity contribution in [1.29, 1.82) is 0 Å². The van der Waals surface area contributed by atoms with E-state index in [2.05, 4.69) is 42.4 Å². The Morgan fingerprint density at radius 1 is 1.17 bits per heavy atom. The third-order valence-electron chi connectivity index (χ3n) is 4.55. The minimum absolute atomic E-state index is 0.640. The van der Waals surface area contributed by atoms with Crippen molar-refractivity contribution in [1.82, 2.24) is 4.98 Å². The number of aromatic nitrogens is 1. The molecule has 1 aromatic carbocycles. The first-order chi connectivity index (χ1) is 8.90. The van der Waals surface area contributed by atoms with Gasteiger partial charge in [0.2, 0.25) is 0 Å². The summed E-state index contributed by atoms with van der Waals surface area (Å²) in [6.45, 7) is 4.21. The van der Waals surface area contributed by atoms with Crippen molar-refractivity contribution in [2.75, 3.05) is 0 Å². The summed E-state index contributed by atoms with van der Waals surface area (Å²) in [7, 11) is 0. The van der Waals surface area contributed by atoms with E-state index in [1.165, 1.54) is 48.6 Å². The van der Waals surface area contributed by atoms with Gasteiger partial charge in [0.1, 0.15) is 0 Å². The Balaban J connectivity index is 1.95. The predicted octanol–water partition coefficient (Wildman–Crippen LogP) is 5.06. The second-order valence-corrected chi connectivity index (χ2v) is 5.58. The maximum absolute atomic E-state index is 4.21. The number of fused-ring (bicyclic) bond motifs is 1. The zero-order valence-electron chi connectivity index (χ0n) is 11.0. The van der Waals surface area contributed by atoms with Crippen molar-refractivity contribution in [3.8, 4) is 0 Å². The summed E-state index contributed by atoms with van der Waals surface area (Å²) >= 11 is 0. The molecule has 0 bridgehead atoms. The zero-order valence-corrected chi connectivity index (χ0v) is 11.0. The standard InChI is InChI=1S/C17H22N/c1-2-14(13-8-4-3-5-9-13)16-12-18-17-11-7-6-10-15(16)17/h6-7,10-14,18H,1-5,8-9H2. The molecule has 1 heteroatoms. The molecule has 1 aliphatic rings. The summed E-state index contributed by atoms with van der Waals surface area (Å²) in [4.78, 5) is 3.41. The molecule has 3 rings (SSSR count). The molecule has 18 heavy (non-hydrogen) atoms. The Hall–Kier alpha value is -1.24. The number of benzene rings is 1. The van der Waals surface area contributed by atoms with E-state index in [1.807, 2.05) is 0 Å². The van der Waals surface area contributed by atoms with Gasteiger partial charge in [0.25, 0.3) is 0 Å². The van der Waals surface area contributed by atoms with Gasteiger partial charge in [-0.25, -0.2) is 0 Å². The summed E-state index contributed by atoms with van der Waals surface area (Å²) in [5, 5.41) is 1.40. The van der Waals surface area contributed by atoms with Crippen LogP contribution in [0.2, 0.25) is 0 Å². The number of hydrogen-bond donors (Lipinski definition) is 1. The summed E-state index contributed by atoms with van der Waals surface area (Å²) in [5.41, 5.74) is 2.76. The van der Waals surface area contributed by atoms with Gasteiger partial charge in [-0.15, -0.1) is 0 Å². The van der Waals surface area contributed by atoms with E-state index in [0.29, 0.717) is 5.92 Å². The molecule has 0 spiro atoms. The molecule has 95 valence electrons. The third-order valence-corrected chi connectivity index (χ3v) is 4.55. The van der Waals surface area contributed by atoms with Crippen LogP contribution >= 0.6 is 0 Å². The minimum atomic E-state index is 0.640. The lowest BCUT2D eigenvalue weighted by atomic mass is 9.75. The first-order valence-corrected chi connectivity index (χ1v) is 7.25. The number of hydrogen-bond acceptors (Lipinski definition) is 0. The molecule has 1 saturated carbocycles. The van der Waals surface area contributed by atoms with E-state index in [4.69, 9.17) is 0 Å². The molecule has 1 radical (unpaired) electrons. The van der Waals surface area contributed by atoms with Crippen molar-refractivity contribution in [2.24, 2.45) is 5.92 Å². The molecule has 0 aliphatic heterocycles. The largest absolute Gasteiger partial charge is 0.361 e.